The lowest BCUT2D eigenvalue weighted by Gasteiger charge is -2.12. The van der Waals surface area contributed by atoms with Crippen LogP contribution in [0.3, 0.4) is 0 Å². The number of nitrogens with one attached hydrogen (secondary N) is 1. The van der Waals surface area contributed by atoms with Crippen LogP contribution in [0, 0.1) is 11.6 Å². The van der Waals surface area contributed by atoms with Crippen LogP contribution in [-0.2, 0) is 11.2 Å². The molecule has 0 bridgehead atoms. The highest BCUT2D eigenvalue weighted by Gasteiger charge is 2.11. The van der Waals surface area contributed by atoms with Crippen molar-refractivity contribution in [1.29, 1.82) is 0 Å². The summed E-state index contributed by atoms with van der Waals surface area (Å²) in [5.74, 6) is -2.47. The Morgan fingerprint density at radius 2 is 1.68 bits per heavy atom. The van der Waals surface area contributed by atoms with Gasteiger partial charge in [-0.1, -0.05) is 24.3 Å². The van der Waals surface area contributed by atoms with Crippen molar-refractivity contribution < 1.29 is 18.7 Å². The smallest absolute Gasteiger partial charge is 0.307 e. The van der Waals surface area contributed by atoms with E-state index in [1.165, 1.54) is 6.07 Å². The van der Waals surface area contributed by atoms with Gasteiger partial charge in [0.1, 0.15) is 17.3 Å². The van der Waals surface area contributed by atoms with Crippen LogP contribution in [0.1, 0.15) is 5.56 Å². The molecule has 0 heterocycles. The number of hydrogen-bond acceptors (Lipinski definition) is 2. The van der Waals surface area contributed by atoms with E-state index in [4.69, 9.17) is 5.11 Å². The lowest BCUT2D eigenvalue weighted by Crippen LogP contribution is -2.05. The number of rotatable bonds is 4. The Morgan fingerprint density at radius 3 is 2.32 bits per heavy atom. The van der Waals surface area contributed by atoms with Gasteiger partial charge in [0.05, 0.1) is 6.42 Å². The first-order valence-electron chi connectivity index (χ1n) is 5.58. The van der Waals surface area contributed by atoms with Crippen molar-refractivity contribution in [3.63, 3.8) is 0 Å². The minimum Gasteiger partial charge on any atom is -0.481 e. The van der Waals surface area contributed by atoms with Crippen LogP contribution >= 0.6 is 0 Å². The van der Waals surface area contributed by atoms with E-state index in [2.05, 4.69) is 5.32 Å². The van der Waals surface area contributed by atoms with E-state index >= 15 is 0 Å². The summed E-state index contributed by atoms with van der Waals surface area (Å²) < 4.78 is 27.0. The summed E-state index contributed by atoms with van der Waals surface area (Å²) in [6.45, 7) is 0. The molecular formula is C14H11F2NO2. The summed E-state index contributed by atoms with van der Waals surface area (Å²) in [4.78, 5) is 10.7. The molecule has 19 heavy (non-hydrogen) atoms. The Bertz CT molecular complexity index is 594. The van der Waals surface area contributed by atoms with Gasteiger partial charge in [0, 0.05) is 5.69 Å². The van der Waals surface area contributed by atoms with Crippen LogP contribution in [-0.4, -0.2) is 11.1 Å². The SMILES string of the molecule is O=C(O)Cc1ccccc1Nc1c(F)cccc1F. The molecule has 2 aromatic rings. The van der Waals surface area contributed by atoms with Gasteiger partial charge in [0.25, 0.3) is 0 Å². The topological polar surface area (TPSA) is 49.3 Å². The second-order valence-corrected chi connectivity index (χ2v) is 3.95. The van der Waals surface area contributed by atoms with Gasteiger partial charge in [-0.2, -0.15) is 0 Å². The van der Waals surface area contributed by atoms with E-state index in [0.717, 1.165) is 12.1 Å². The number of aliphatic carboxylic acids is 1. The zero-order valence-electron chi connectivity index (χ0n) is 9.86. The Morgan fingerprint density at radius 1 is 1.05 bits per heavy atom. The quantitative estimate of drug-likeness (QED) is 0.889. The summed E-state index contributed by atoms with van der Waals surface area (Å²) in [5.41, 5.74) is 0.534. The van der Waals surface area contributed by atoms with Crippen LogP contribution in [0.25, 0.3) is 0 Å². The summed E-state index contributed by atoms with van der Waals surface area (Å²) in [6.07, 6.45) is -0.223. The number of hydrogen-bond donors (Lipinski definition) is 2. The molecule has 2 N–H and O–H groups in total. The van der Waals surface area contributed by atoms with Gasteiger partial charge in [-0.25, -0.2) is 8.78 Å². The summed E-state index contributed by atoms with van der Waals surface area (Å²) in [7, 11) is 0. The molecule has 0 spiro atoms. The number of halogens is 2. The van der Waals surface area contributed by atoms with E-state index in [0.29, 0.717) is 11.3 Å². The third-order valence-corrected chi connectivity index (χ3v) is 2.58. The third-order valence-electron chi connectivity index (χ3n) is 2.58. The van der Waals surface area contributed by atoms with Crippen LogP contribution in [0.5, 0.6) is 0 Å². The molecule has 0 aliphatic carbocycles. The Hall–Kier alpha value is -2.43. The van der Waals surface area contributed by atoms with Crippen molar-refractivity contribution in [2.75, 3.05) is 5.32 Å². The van der Waals surface area contributed by atoms with Gasteiger partial charge in [-0.05, 0) is 23.8 Å². The van der Waals surface area contributed by atoms with E-state index < -0.39 is 17.6 Å². The Labute approximate surface area is 108 Å². The molecule has 0 saturated heterocycles. The molecule has 5 heteroatoms. The number of benzene rings is 2. The highest BCUT2D eigenvalue weighted by Crippen LogP contribution is 2.25. The largest absolute Gasteiger partial charge is 0.481 e. The zero-order chi connectivity index (χ0) is 13.8. The van der Waals surface area contributed by atoms with Gasteiger partial charge < -0.3 is 10.4 Å². The highest BCUT2D eigenvalue weighted by atomic mass is 19.1. The maximum Gasteiger partial charge on any atom is 0.307 e. The molecule has 2 aromatic carbocycles. The average Bonchev–Trinajstić information content (AvgIpc) is 2.35. The van der Waals surface area contributed by atoms with Crippen molar-refractivity contribution in [3.8, 4) is 0 Å². The van der Waals surface area contributed by atoms with Gasteiger partial charge >= 0.3 is 5.97 Å². The predicted molar refractivity (Wildman–Crippen MR) is 67.4 cm³/mol. The molecule has 0 aliphatic rings. The maximum atomic E-state index is 13.5. The number of carboxylic acids is 1. The van der Waals surface area contributed by atoms with Gasteiger partial charge in [0.15, 0.2) is 0 Å². The molecule has 0 aromatic heterocycles. The van der Waals surface area contributed by atoms with Crippen LogP contribution in [0.15, 0.2) is 42.5 Å². The summed E-state index contributed by atoms with van der Waals surface area (Å²) >= 11 is 0. The zero-order valence-corrected chi connectivity index (χ0v) is 9.86. The van der Waals surface area contributed by atoms with Crippen molar-refractivity contribution >= 4 is 17.3 Å². The molecule has 3 nitrogen and oxygen atoms in total. The van der Waals surface area contributed by atoms with Crippen molar-refractivity contribution in [1.82, 2.24) is 0 Å². The minimum atomic E-state index is -1.01. The monoisotopic (exact) mass is 263 g/mol. The van der Waals surface area contributed by atoms with E-state index in [9.17, 15) is 13.6 Å². The number of anilines is 2. The Kier molecular flexibility index (Phi) is 3.75. The predicted octanol–water partition coefficient (Wildman–Crippen LogP) is 3.34. The van der Waals surface area contributed by atoms with Gasteiger partial charge in [-0.15, -0.1) is 0 Å². The molecule has 0 radical (unpaired) electrons. The summed E-state index contributed by atoms with van der Waals surface area (Å²) in [6, 6.07) is 10.0. The van der Waals surface area contributed by atoms with Gasteiger partial charge in [0.2, 0.25) is 0 Å². The average molecular weight is 263 g/mol. The second-order valence-electron chi connectivity index (χ2n) is 3.95. The van der Waals surface area contributed by atoms with Crippen molar-refractivity contribution in [2.24, 2.45) is 0 Å². The molecular weight excluding hydrogens is 252 g/mol. The first-order valence-corrected chi connectivity index (χ1v) is 5.58. The molecule has 0 saturated carbocycles. The van der Waals surface area contributed by atoms with E-state index in [-0.39, 0.29) is 12.1 Å². The molecule has 2 rings (SSSR count). The fraction of sp³-hybridized carbons (Fsp3) is 0.0714. The number of carbonyl (C=O) groups is 1. The van der Waals surface area contributed by atoms with Crippen LogP contribution in [0.4, 0.5) is 20.2 Å². The maximum absolute atomic E-state index is 13.5. The minimum absolute atomic E-state index is 0.223. The standard InChI is InChI=1S/C14H11F2NO2/c15-10-5-3-6-11(16)14(10)17-12-7-2-1-4-9(12)8-13(18)19/h1-7,17H,8H2,(H,18,19). The molecule has 0 amide bonds. The Balaban J connectivity index is 2.36. The second kappa shape index (κ2) is 5.48. The number of carboxylic acid groups (broad SMARTS) is 1. The molecule has 98 valence electrons. The van der Waals surface area contributed by atoms with E-state index in [1.54, 1.807) is 24.3 Å². The first-order chi connectivity index (χ1) is 9.08. The van der Waals surface area contributed by atoms with Crippen molar-refractivity contribution in [2.45, 2.75) is 6.42 Å². The fourth-order valence-corrected chi connectivity index (χ4v) is 1.71. The molecule has 0 fully saturated rings. The van der Waals surface area contributed by atoms with Gasteiger partial charge in [-0.3, -0.25) is 4.79 Å². The normalized spacial score (nSPS) is 10.2. The molecule has 0 aliphatic heterocycles. The molecule has 0 atom stereocenters. The lowest BCUT2D eigenvalue weighted by atomic mass is 10.1. The van der Waals surface area contributed by atoms with Crippen molar-refractivity contribution in [3.05, 3.63) is 59.7 Å². The fourth-order valence-electron chi connectivity index (χ4n) is 1.71. The summed E-state index contributed by atoms with van der Waals surface area (Å²) in [5, 5.41) is 11.4. The van der Waals surface area contributed by atoms with E-state index in [1.807, 2.05) is 0 Å². The highest BCUT2D eigenvalue weighted by molar-refractivity contribution is 5.75. The van der Waals surface area contributed by atoms with Crippen LogP contribution in [0.2, 0.25) is 0 Å². The third kappa shape index (κ3) is 3.07. The van der Waals surface area contributed by atoms with Crippen LogP contribution < -0.4 is 5.32 Å². The molecule has 0 unspecified atom stereocenters. The first kappa shape index (κ1) is 13.0. The lowest BCUT2D eigenvalue weighted by molar-refractivity contribution is -0.136. The number of para-hydroxylation sites is 2.